The zero-order valence-electron chi connectivity index (χ0n) is 12.3. The van der Waals surface area contributed by atoms with Crippen molar-refractivity contribution in [3.63, 3.8) is 0 Å². The number of carbonyl (C=O) groups excluding carboxylic acids is 1. The van der Waals surface area contributed by atoms with Crippen LogP contribution in [0.2, 0.25) is 5.02 Å². The molecule has 0 unspecified atom stereocenters. The monoisotopic (exact) mass is 309 g/mol. The average Bonchev–Trinajstić information content (AvgIpc) is 2.49. The lowest BCUT2D eigenvalue weighted by Crippen LogP contribution is -2.47. The fraction of sp³-hybridized carbons (Fsp3) is 0.467. The molecule has 2 rings (SSSR count). The van der Waals surface area contributed by atoms with E-state index >= 15 is 0 Å². The molecule has 0 aliphatic carbocycles. The normalized spacial score (nSPS) is 18.6. The molecule has 1 amide bonds. The number of amides is 1. The van der Waals surface area contributed by atoms with E-state index < -0.39 is 0 Å². The average molecular weight is 310 g/mol. The summed E-state index contributed by atoms with van der Waals surface area (Å²) in [5.74, 6) is 0.230. The summed E-state index contributed by atoms with van der Waals surface area (Å²) < 4.78 is 0. The van der Waals surface area contributed by atoms with E-state index in [1.807, 2.05) is 19.9 Å². The summed E-state index contributed by atoms with van der Waals surface area (Å²) in [6.07, 6.45) is 1.36. The van der Waals surface area contributed by atoms with Crippen molar-refractivity contribution in [2.45, 2.75) is 26.7 Å². The highest BCUT2D eigenvalue weighted by atomic mass is 35.5. The van der Waals surface area contributed by atoms with Crippen molar-refractivity contribution in [3.8, 4) is 0 Å². The first-order chi connectivity index (χ1) is 9.87. The number of aryl methyl sites for hydroxylation is 1. The molecule has 114 valence electrons. The Bertz CT molecular complexity index is 578. The number of piperidine rings is 1. The molecule has 0 aromatic heterocycles. The molecule has 0 saturated carbocycles. The van der Waals surface area contributed by atoms with E-state index in [0.29, 0.717) is 36.5 Å². The molecular weight excluding hydrogens is 290 g/mol. The van der Waals surface area contributed by atoms with E-state index in [-0.39, 0.29) is 17.2 Å². The summed E-state index contributed by atoms with van der Waals surface area (Å²) in [7, 11) is 0. The van der Waals surface area contributed by atoms with Crippen LogP contribution in [-0.2, 0) is 0 Å². The molecule has 5 nitrogen and oxygen atoms in total. The predicted molar refractivity (Wildman–Crippen MR) is 82.8 cm³/mol. The zero-order valence-corrected chi connectivity index (χ0v) is 13.0. The van der Waals surface area contributed by atoms with Gasteiger partial charge in [-0.05, 0) is 43.5 Å². The Morgan fingerprint density at radius 2 is 2.05 bits per heavy atom. The van der Waals surface area contributed by atoms with Crippen LogP contribution in [0.25, 0.3) is 0 Å². The van der Waals surface area contributed by atoms with Crippen molar-refractivity contribution in [3.05, 3.63) is 34.3 Å². The Kier molecular flexibility index (Phi) is 4.42. The van der Waals surface area contributed by atoms with Gasteiger partial charge in [0, 0.05) is 29.1 Å². The lowest BCUT2D eigenvalue weighted by molar-refractivity contribution is 0.0666. The number of benzene rings is 1. The highest BCUT2D eigenvalue weighted by molar-refractivity contribution is 6.31. The Labute approximate surface area is 129 Å². The lowest BCUT2D eigenvalue weighted by Gasteiger charge is -2.38. The van der Waals surface area contributed by atoms with Crippen LogP contribution in [-0.4, -0.2) is 34.9 Å². The van der Waals surface area contributed by atoms with Gasteiger partial charge in [-0.1, -0.05) is 23.7 Å². The molecule has 0 spiro atoms. The molecule has 1 heterocycles. The minimum absolute atomic E-state index is 0.00340. The second kappa shape index (κ2) is 5.93. The minimum Gasteiger partial charge on any atom is -0.409 e. The highest BCUT2D eigenvalue weighted by Gasteiger charge is 2.35. The van der Waals surface area contributed by atoms with Gasteiger partial charge in [-0.2, -0.15) is 0 Å². The number of carbonyl (C=O) groups is 1. The van der Waals surface area contributed by atoms with E-state index in [1.54, 1.807) is 17.0 Å². The van der Waals surface area contributed by atoms with Crippen molar-refractivity contribution in [2.75, 3.05) is 13.1 Å². The number of nitrogens with zero attached hydrogens (tertiary/aromatic N) is 2. The summed E-state index contributed by atoms with van der Waals surface area (Å²) >= 11 is 5.98. The van der Waals surface area contributed by atoms with Crippen LogP contribution in [0.15, 0.2) is 23.4 Å². The van der Waals surface area contributed by atoms with Crippen LogP contribution < -0.4 is 5.73 Å². The van der Waals surface area contributed by atoms with Gasteiger partial charge < -0.3 is 15.8 Å². The van der Waals surface area contributed by atoms with Crippen LogP contribution in [0.1, 0.15) is 35.7 Å². The van der Waals surface area contributed by atoms with Crippen LogP contribution in [0.5, 0.6) is 0 Å². The van der Waals surface area contributed by atoms with Crippen molar-refractivity contribution >= 4 is 23.3 Å². The molecule has 1 aromatic rings. The van der Waals surface area contributed by atoms with Gasteiger partial charge in [0.1, 0.15) is 5.84 Å². The van der Waals surface area contributed by atoms with Gasteiger partial charge in [0.15, 0.2) is 0 Å². The Morgan fingerprint density at radius 1 is 1.43 bits per heavy atom. The van der Waals surface area contributed by atoms with Crippen LogP contribution in [0, 0.1) is 12.3 Å². The third-order valence-electron chi connectivity index (χ3n) is 4.29. The van der Waals surface area contributed by atoms with Gasteiger partial charge >= 0.3 is 0 Å². The highest BCUT2D eigenvalue weighted by Crippen LogP contribution is 2.31. The number of oxime groups is 1. The first-order valence-corrected chi connectivity index (χ1v) is 7.28. The lowest BCUT2D eigenvalue weighted by atomic mass is 9.79. The third-order valence-corrected chi connectivity index (χ3v) is 4.71. The third kappa shape index (κ3) is 3.13. The summed E-state index contributed by atoms with van der Waals surface area (Å²) in [6, 6.07) is 5.30. The van der Waals surface area contributed by atoms with Crippen molar-refractivity contribution in [2.24, 2.45) is 16.3 Å². The summed E-state index contributed by atoms with van der Waals surface area (Å²) in [4.78, 5) is 14.3. The number of nitrogens with two attached hydrogens (primary N) is 1. The minimum atomic E-state index is -0.346. The van der Waals surface area contributed by atoms with Gasteiger partial charge in [0.2, 0.25) is 0 Å². The van der Waals surface area contributed by atoms with Gasteiger partial charge in [-0.3, -0.25) is 4.79 Å². The maximum Gasteiger partial charge on any atom is 0.253 e. The number of rotatable bonds is 2. The molecular formula is C15H20ClN3O2. The van der Waals surface area contributed by atoms with E-state index in [9.17, 15) is 4.79 Å². The fourth-order valence-corrected chi connectivity index (χ4v) is 2.66. The smallest absolute Gasteiger partial charge is 0.253 e. The quantitative estimate of drug-likeness (QED) is 0.381. The van der Waals surface area contributed by atoms with Crippen molar-refractivity contribution < 1.29 is 10.0 Å². The second-order valence-electron chi connectivity index (χ2n) is 5.80. The molecule has 3 N–H and O–H groups in total. The Balaban J connectivity index is 2.08. The number of likely N-dealkylation sites (tertiary alicyclic amines) is 1. The van der Waals surface area contributed by atoms with Gasteiger partial charge in [-0.15, -0.1) is 0 Å². The topological polar surface area (TPSA) is 78.9 Å². The Hall–Kier alpha value is -1.75. The molecule has 1 aromatic carbocycles. The van der Waals surface area contributed by atoms with Crippen LogP contribution in [0.3, 0.4) is 0 Å². The van der Waals surface area contributed by atoms with Gasteiger partial charge in [-0.25, -0.2) is 0 Å². The number of hydrogen-bond donors (Lipinski definition) is 2. The first kappa shape index (κ1) is 15.6. The van der Waals surface area contributed by atoms with Crippen LogP contribution >= 0.6 is 11.6 Å². The van der Waals surface area contributed by atoms with Crippen molar-refractivity contribution in [1.82, 2.24) is 4.90 Å². The number of halogens is 1. The molecule has 1 saturated heterocycles. The second-order valence-corrected chi connectivity index (χ2v) is 6.21. The molecule has 1 aliphatic rings. The molecule has 0 atom stereocenters. The fourth-order valence-electron chi connectivity index (χ4n) is 2.54. The zero-order chi connectivity index (χ0) is 15.6. The van der Waals surface area contributed by atoms with Gasteiger partial charge in [0.25, 0.3) is 5.91 Å². The summed E-state index contributed by atoms with van der Waals surface area (Å²) in [5.41, 5.74) is 6.92. The van der Waals surface area contributed by atoms with Crippen molar-refractivity contribution in [1.29, 1.82) is 0 Å². The molecule has 1 aliphatic heterocycles. The number of amidine groups is 1. The largest absolute Gasteiger partial charge is 0.409 e. The molecule has 0 bridgehead atoms. The van der Waals surface area contributed by atoms with E-state index in [4.69, 9.17) is 22.5 Å². The van der Waals surface area contributed by atoms with E-state index in [0.717, 1.165) is 5.56 Å². The predicted octanol–water partition coefficient (Wildman–Crippen LogP) is 2.64. The van der Waals surface area contributed by atoms with E-state index in [1.165, 1.54) is 0 Å². The maximum atomic E-state index is 12.5. The molecule has 21 heavy (non-hydrogen) atoms. The summed E-state index contributed by atoms with van der Waals surface area (Å²) in [5, 5.41) is 12.6. The number of hydrogen-bond acceptors (Lipinski definition) is 3. The first-order valence-electron chi connectivity index (χ1n) is 6.91. The standard InChI is InChI=1S/C15H20ClN3O2/c1-10-9-11(3-4-12(10)16)13(20)19-7-5-15(2,6-8-19)14(17)18-21/h3-4,9,21H,5-8H2,1-2H3,(H2,17,18). The maximum absolute atomic E-state index is 12.5. The van der Waals surface area contributed by atoms with Gasteiger partial charge in [0.05, 0.1) is 0 Å². The Morgan fingerprint density at radius 3 is 2.57 bits per heavy atom. The van der Waals surface area contributed by atoms with E-state index in [2.05, 4.69) is 5.16 Å². The summed E-state index contributed by atoms with van der Waals surface area (Å²) in [6.45, 7) is 5.02. The molecule has 6 heteroatoms. The SMILES string of the molecule is Cc1cc(C(=O)N2CCC(C)(/C(N)=N/O)CC2)ccc1Cl. The molecule has 1 fully saturated rings. The molecule has 0 radical (unpaired) electrons. The van der Waals surface area contributed by atoms with Crippen LogP contribution in [0.4, 0.5) is 0 Å².